The van der Waals surface area contributed by atoms with Gasteiger partial charge in [0.1, 0.15) is 17.2 Å². The summed E-state index contributed by atoms with van der Waals surface area (Å²) in [6.45, 7) is 0. The van der Waals surface area contributed by atoms with Crippen LogP contribution in [0, 0.1) is 0 Å². The Morgan fingerprint density at radius 3 is 1.79 bits per heavy atom. The Bertz CT molecular complexity index is 1000. The molecule has 148 valence electrons. The molecule has 0 radical (unpaired) electrons. The van der Waals surface area contributed by atoms with Gasteiger partial charge in [-0.2, -0.15) is 0 Å². The van der Waals surface area contributed by atoms with Crippen molar-refractivity contribution in [1.29, 1.82) is 0 Å². The van der Waals surface area contributed by atoms with Crippen LogP contribution in [0.5, 0.6) is 17.2 Å². The summed E-state index contributed by atoms with van der Waals surface area (Å²) < 4.78 is 10.2. The van der Waals surface area contributed by atoms with Gasteiger partial charge < -0.3 is 14.6 Å². The lowest BCUT2D eigenvalue weighted by atomic mass is 9.97. The third-order valence-corrected chi connectivity index (χ3v) is 4.66. The summed E-state index contributed by atoms with van der Waals surface area (Å²) in [5.41, 5.74) is 2.34. The van der Waals surface area contributed by atoms with Gasteiger partial charge in [0.25, 0.3) is 0 Å². The van der Waals surface area contributed by atoms with Crippen molar-refractivity contribution in [2.75, 3.05) is 14.2 Å². The maximum absolute atomic E-state index is 12.6. The molecule has 1 N–H and O–H groups in total. The molecule has 0 atom stereocenters. The molecule has 29 heavy (non-hydrogen) atoms. The lowest BCUT2D eigenvalue weighted by molar-refractivity contribution is 0.0816. The number of hydrogen-bond acceptors (Lipinski definition) is 5. The number of aryl methyl sites for hydroxylation is 2. The summed E-state index contributed by atoms with van der Waals surface area (Å²) in [5.74, 6) is 0.0717. The van der Waals surface area contributed by atoms with Gasteiger partial charge in [-0.1, -0.05) is 12.1 Å². The SMILES string of the molecule is COc1ccc(CCc2cc(O)cc(C(=O)C(=O)c3ccc(OC)cc3)c2)cc1. The highest BCUT2D eigenvalue weighted by Gasteiger charge is 2.19. The predicted octanol–water partition coefficient (Wildman–Crippen LogP) is 4.26. The third-order valence-electron chi connectivity index (χ3n) is 4.66. The van der Waals surface area contributed by atoms with Gasteiger partial charge >= 0.3 is 0 Å². The first-order valence-corrected chi connectivity index (χ1v) is 9.19. The Labute approximate surface area is 169 Å². The summed E-state index contributed by atoms with van der Waals surface area (Å²) >= 11 is 0. The fourth-order valence-electron chi connectivity index (χ4n) is 3.03. The highest BCUT2D eigenvalue weighted by atomic mass is 16.5. The van der Waals surface area contributed by atoms with Crippen molar-refractivity contribution in [3.63, 3.8) is 0 Å². The normalized spacial score (nSPS) is 10.4. The topological polar surface area (TPSA) is 72.8 Å². The van der Waals surface area contributed by atoms with Gasteiger partial charge in [-0.15, -0.1) is 0 Å². The van der Waals surface area contributed by atoms with E-state index < -0.39 is 11.6 Å². The molecule has 5 nitrogen and oxygen atoms in total. The molecule has 0 amide bonds. The number of phenols is 1. The van der Waals surface area contributed by atoms with Crippen molar-refractivity contribution in [1.82, 2.24) is 0 Å². The number of phenolic OH excluding ortho intramolecular Hbond substituents is 1. The quantitative estimate of drug-likeness (QED) is 0.460. The van der Waals surface area contributed by atoms with Crippen molar-refractivity contribution in [3.8, 4) is 17.2 Å². The summed E-state index contributed by atoms with van der Waals surface area (Å²) in [4.78, 5) is 25.2. The Hall–Kier alpha value is -3.60. The van der Waals surface area contributed by atoms with E-state index in [0.29, 0.717) is 12.2 Å². The number of carbonyl (C=O) groups is 2. The Morgan fingerprint density at radius 2 is 1.21 bits per heavy atom. The fraction of sp³-hybridized carbons (Fsp3) is 0.167. The summed E-state index contributed by atoms with van der Waals surface area (Å²) in [5, 5.41) is 10.0. The van der Waals surface area contributed by atoms with Gasteiger partial charge in [0, 0.05) is 11.1 Å². The Balaban J connectivity index is 1.74. The van der Waals surface area contributed by atoms with Crippen LogP contribution in [0.25, 0.3) is 0 Å². The molecule has 3 aromatic carbocycles. The number of rotatable bonds is 8. The second kappa shape index (κ2) is 9.06. The van der Waals surface area contributed by atoms with Crippen molar-refractivity contribution < 1.29 is 24.2 Å². The summed E-state index contributed by atoms with van der Waals surface area (Å²) in [7, 11) is 3.15. The standard InChI is InChI=1S/C24H22O5/c1-28-21-9-5-16(6-10-21)3-4-17-13-19(15-20(25)14-17)24(27)23(26)18-7-11-22(29-2)12-8-18/h5-15,25H,3-4H2,1-2H3. The van der Waals surface area contributed by atoms with Crippen LogP contribution in [0.4, 0.5) is 0 Å². The van der Waals surface area contributed by atoms with Gasteiger partial charge in [0.15, 0.2) is 0 Å². The predicted molar refractivity (Wildman–Crippen MR) is 110 cm³/mol. The van der Waals surface area contributed by atoms with Crippen LogP contribution in [-0.2, 0) is 12.8 Å². The van der Waals surface area contributed by atoms with E-state index in [0.717, 1.165) is 23.3 Å². The zero-order valence-corrected chi connectivity index (χ0v) is 16.3. The van der Waals surface area contributed by atoms with Crippen molar-refractivity contribution in [2.24, 2.45) is 0 Å². The molecule has 0 saturated heterocycles. The molecule has 0 bridgehead atoms. The molecule has 0 unspecified atom stereocenters. The largest absolute Gasteiger partial charge is 0.508 e. The number of hydrogen-bond donors (Lipinski definition) is 1. The number of methoxy groups -OCH3 is 2. The lowest BCUT2D eigenvalue weighted by Gasteiger charge is -2.08. The Kier molecular flexibility index (Phi) is 6.29. The average molecular weight is 390 g/mol. The molecule has 0 aliphatic heterocycles. The van der Waals surface area contributed by atoms with E-state index in [-0.39, 0.29) is 16.9 Å². The molecule has 0 spiro atoms. The van der Waals surface area contributed by atoms with Crippen molar-refractivity contribution in [3.05, 3.63) is 89.0 Å². The van der Waals surface area contributed by atoms with Gasteiger partial charge in [-0.25, -0.2) is 0 Å². The number of ketones is 2. The molecule has 0 heterocycles. The molecule has 0 aliphatic carbocycles. The van der Waals surface area contributed by atoms with E-state index in [1.165, 1.54) is 13.2 Å². The number of benzene rings is 3. The number of ether oxygens (including phenoxy) is 2. The smallest absolute Gasteiger partial charge is 0.233 e. The second-order valence-corrected chi connectivity index (χ2v) is 6.62. The van der Waals surface area contributed by atoms with Crippen LogP contribution in [0.2, 0.25) is 0 Å². The number of aromatic hydroxyl groups is 1. The van der Waals surface area contributed by atoms with Gasteiger partial charge in [-0.05, 0) is 78.6 Å². The zero-order valence-electron chi connectivity index (χ0n) is 16.3. The molecule has 5 heteroatoms. The molecule has 0 aromatic heterocycles. The first-order valence-electron chi connectivity index (χ1n) is 9.19. The second-order valence-electron chi connectivity index (χ2n) is 6.62. The fourth-order valence-corrected chi connectivity index (χ4v) is 3.03. The van der Waals surface area contributed by atoms with Gasteiger partial charge in [0.2, 0.25) is 11.6 Å². The molecule has 3 aromatic rings. The lowest BCUT2D eigenvalue weighted by Crippen LogP contribution is -2.14. The third kappa shape index (κ3) is 5.02. The first-order chi connectivity index (χ1) is 14.0. The van der Waals surface area contributed by atoms with Crippen LogP contribution in [-0.4, -0.2) is 30.9 Å². The van der Waals surface area contributed by atoms with Crippen LogP contribution < -0.4 is 9.47 Å². The first kappa shape index (κ1) is 20.1. The minimum Gasteiger partial charge on any atom is -0.508 e. The van der Waals surface area contributed by atoms with Crippen LogP contribution in [0.15, 0.2) is 66.7 Å². The van der Waals surface area contributed by atoms with E-state index in [4.69, 9.17) is 9.47 Å². The highest BCUT2D eigenvalue weighted by Crippen LogP contribution is 2.21. The van der Waals surface area contributed by atoms with Crippen LogP contribution in [0.1, 0.15) is 31.8 Å². The molecule has 0 aliphatic rings. The van der Waals surface area contributed by atoms with Crippen LogP contribution in [0.3, 0.4) is 0 Å². The van der Waals surface area contributed by atoms with Crippen molar-refractivity contribution in [2.45, 2.75) is 12.8 Å². The maximum Gasteiger partial charge on any atom is 0.233 e. The molecule has 0 fully saturated rings. The molecular formula is C24H22O5. The average Bonchev–Trinajstić information content (AvgIpc) is 2.76. The summed E-state index contributed by atoms with van der Waals surface area (Å²) in [6.07, 6.45) is 1.35. The molecule has 0 saturated carbocycles. The zero-order chi connectivity index (χ0) is 20.8. The van der Waals surface area contributed by atoms with Gasteiger partial charge in [-0.3, -0.25) is 9.59 Å². The van der Waals surface area contributed by atoms with E-state index in [1.807, 2.05) is 24.3 Å². The highest BCUT2D eigenvalue weighted by molar-refractivity contribution is 6.49. The molecular weight excluding hydrogens is 368 g/mol. The van der Waals surface area contributed by atoms with E-state index >= 15 is 0 Å². The minimum atomic E-state index is -0.656. The van der Waals surface area contributed by atoms with E-state index in [1.54, 1.807) is 43.5 Å². The number of carbonyl (C=O) groups excluding carboxylic acids is 2. The van der Waals surface area contributed by atoms with Crippen LogP contribution >= 0.6 is 0 Å². The number of Topliss-reactive ketones (excluding diaryl/α,β-unsaturated/α-hetero) is 2. The molecule has 3 rings (SSSR count). The minimum absolute atomic E-state index is 0.0388. The maximum atomic E-state index is 12.6. The van der Waals surface area contributed by atoms with E-state index in [2.05, 4.69) is 0 Å². The van der Waals surface area contributed by atoms with Crippen molar-refractivity contribution >= 4 is 11.6 Å². The van der Waals surface area contributed by atoms with Gasteiger partial charge in [0.05, 0.1) is 14.2 Å². The Morgan fingerprint density at radius 1 is 0.690 bits per heavy atom. The van der Waals surface area contributed by atoms with E-state index in [9.17, 15) is 14.7 Å². The monoisotopic (exact) mass is 390 g/mol. The summed E-state index contributed by atoms with van der Waals surface area (Å²) in [6, 6.07) is 18.7.